The fraction of sp³-hybridized carbons (Fsp3) is 0.647. The van der Waals surface area contributed by atoms with Gasteiger partial charge in [0, 0.05) is 12.7 Å². The minimum Gasteiger partial charge on any atom is -0.481 e. The molecule has 2 rings (SSSR count). The molecule has 0 spiro atoms. The van der Waals surface area contributed by atoms with Gasteiger partial charge < -0.3 is 19.3 Å². The molecule has 11 heteroatoms. The summed E-state index contributed by atoms with van der Waals surface area (Å²) in [6.07, 6.45) is -1.66. The van der Waals surface area contributed by atoms with Gasteiger partial charge in [-0.15, -0.1) is 0 Å². The first kappa shape index (κ1) is 22.0. The summed E-state index contributed by atoms with van der Waals surface area (Å²) in [7, 11) is -0.253. The molecule has 28 heavy (non-hydrogen) atoms. The number of fused-ring (bicyclic) bond motifs is 1. The monoisotopic (exact) mass is 417 g/mol. The third-order valence-corrected chi connectivity index (χ3v) is 5.58. The summed E-state index contributed by atoms with van der Waals surface area (Å²) >= 11 is 0. The number of aliphatic carboxylic acids is 1. The van der Waals surface area contributed by atoms with Crippen LogP contribution in [0.25, 0.3) is 0 Å². The number of nitrogens with zero attached hydrogens (tertiary/aromatic N) is 1. The molecule has 0 aromatic heterocycles. The normalized spacial score (nSPS) is 24.4. The zero-order valence-electron chi connectivity index (χ0n) is 16.1. The number of methoxy groups -OCH3 is 1. The van der Waals surface area contributed by atoms with E-state index in [1.54, 1.807) is 20.8 Å². The van der Waals surface area contributed by atoms with Crippen LogP contribution < -0.4 is 0 Å². The van der Waals surface area contributed by atoms with Crippen LogP contribution in [-0.2, 0) is 44.2 Å². The van der Waals surface area contributed by atoms with Gasteiger partial charge in [-0.1, -0.05) is 0 Å². The van der Waals surface area contributed by atoms with Crippen molar-refractivity contribution in [3.63, 3.8) is 0 Å². The van der Waals surface area contributed by atoms with Crippen molar-refractivity contribution in [3.8, 4) is 0 Å². The SMILES string of the molecule is CO[C@@H]1C(=O)N2C(C(=O)OC(C)(C)C)=C(COC(=O)CCC(=O)O)CS(=O)C12. The molecule has 1 amide bonds. The van der Waals surface area contributed by atoms with E-state index in [2.05, 4.69) is 0 Å². The van der Waals surface area contributed by atoms with E-state index in [9.17, 15) is 23.4 Å². The Hall–Kier alpha value is -2.27. The summed E-state index contributed by atoms with van der Waals surface area (Å²) in [6, 6.07) is 0. The maximum atomic E-state index is 12.7. The van der Waals surface area contributed by atoms with E-state index in [1.807, 2.05) is 0 Å². The van der Waals surface area contributed by atoms with Crippen LogP contribution in [0.4, 0.5) is 0 Å². The van der Waals surface area contributed by atoms with Crippen LogP contribution in [0.2, 0.25) is 0 Å². The van der Waals surface area contributed by atoms with Crippen LogP contribution in [0.1, 0.15) is 33.6 Å². The number of carboxylic acids is 1. The molecule has 0 bridgehead atoms. The van der Waals surface area contributed by atoms with Crippen molar-refractivity contribution < 1.29 is 42.7 Å². The van der Waals surface area contributed by atoms with E-state index < -0.39 is 64.7 Å². The first-order chi connectivity index (χ1) is 13.0. The maximum absolute atomic E-state index is 12.7. The van der Waals surface area contributed by atoms with Crippen molar-refractivity contribution >= 4 is 34.6 Å². The van der Waals surface area contributed by atoms with Crippen molar-refractivity contribution in [1.29, 1.82) is 0 Å². The quantitative estimate of drug-likeness (QED) is 0.446. The molecule has 1 saturated heterocycles. The standard InChI is InChI=1S/C17H23NO9S/c1-17(2,3)27-16(23)12-9(7-26-11(21)6-5-10(19)20)8-28(24)15-13(25-4)14(22)18(12)15/h13,15H,5-8H2,1-4H3,(H,19,20)/t13-,15?,28?/m1/s1. The largest absolute Gasteiger partial charge is 0.481 e. The van der Waals surface area contributed by atoms with E-state index in [-0.39, 0.29) is 23.4 Å². The number of esters is 2. The van der Waals surface area contributed by atoms with Gasteiger partial charge in [-0.05, 0) is 20.8 Å². The molecule has 1 N–H and O–H groups in total. The van der Waals surface area contributed by atoms with Crippen LogP contribution in [0.15, 0.2) is 11.3 Å². The highest BCUT2D eigenvalue weighted by atomic mass is 32.2. The summed E-state index contributed by atoms with van der Waals surface area (Å²) in [5.74, 6) is -3.36. The van der Waals surface area contributed by atoms with Gasteiger partial charge in [0.25, 0.3) is 5.91 Å². The van der Waals surface area contributed by atoms with Crippen LogP contribution in [0.5, 0.6) is 0 Å². The zero-order chi connectivity index (χ0) is 21.2. The van der Waals surface area contributed by atoms with Gasteiger partial charge >= 0.3 is 17.9 Å². The average molecular weight is 417 g/mol. The summed E-state index contributed by atoms with van der Waals surface area (Å²) in [4.78, 5) is 48.4. The predicted molar refractivity (Wildman–Crippen MR) is 95.1 cm³/mol. The lowest BCUT2D eigenvalue weighted by Crippen LogP contribution is -2.69. The van der Waals surface area contributed by atoms with Gasteiger partial charge in [0.05, 0.1) is 29.4 Å². The molecular weight excluding hydrogens is 394 g/mol. The number of β-lactam (4-membered cyclic amide) rings is 1. The van der Waals surface area contributed by atoms with Crippen LogP contribution in [0, 0.1) is 0 Å². The number of ether oxygens (including phenoxy) is 3. The summed E-state index contributed by atoms with van der Waals surface area (Å²) in [5.41, 5.74) is -0.770. The Morgan fingerprint density at radius 1 is 1.25 bits per heavy atom. The predicted octanol–water partition coefficient (Wildman–Crippen LogP) is -0.0642. The number of hydrogen-bond donors (Lipinski definition) is 1. The Morgan fingerprint density at radius 2 is 1.89 bits per heavy atom. The topological polar surface area (TPSA) is 137 Å². The number of carbonyl (C=O) groups is 4. The smallest absolute Gasteiger partial charge is 0.355 e. The fourth-order valence-electron chi connectivity index (χ4n) is 2.77. The van der Waals surface area contributed by atoms with E-state index in [1.165, 1.54) is 7.11 Å². The summed E-state index contributed by atoms with van der Waals surface area (Å²) < 4.78 is 27.9. The molecule has 2 aliphatic rings. The molecule has 1 fully saturated rings. The Bertz CT molecular complexity index is 752. The number of rotatable bonds is 7. The molecule has 2 unspecified atom stereocenters. The van der Waals surface area contributed by atoms with Crippen molar-refractivity contribution in [2.45, 2.75) is 50.7 Å². The van der Waals surface area contributed by atoms with Gasteiger partial charge in [0.1, 0.15) is 23.3 Å². The summed E-state index contributed by atoms with van der Waals surface area (Å²) in [6.45, 7) is 4.58. The molecule has 0 aromatic carbocycles. The van der Waals surface area contributed by atoms with Crippen molar-refractivity contribution in [1.82, 2.24) is 4.90 Å². The van der Waals surface area contributed by atoms with E-state index >= 15 is 0 Å². The molecule has 0 saturated carbocycles. The van der Waals surface area contributed by atoms with Gasteiger partial charge in [0.15, 0.2) is 6.10 Å². The van der Waals surface area contributed by atoms with Crippen LogP contribution in [0.3, 0.4) is 0 Å². The molecule has 0 aromatic rings. The van der Waals surface area contributed by atoms with Crippen LogP contribution >= 0.6 is 0 Å². The molecule has 0 radical (unpaired) electrons. The lowest BCUT2D eigenvalue weighted by atomic mass is 10.0. The van der Waals surface area contributed by atoms with E-state index in [0.29, 0.717) is 0 Å². The molecule has 3 atom stereocenters. The van der Waals surface area contributed by atoms with E-state index in [4.69, 9.17) is 19.3 Å². The first-order valence-corrected chi connectivity index (χ1v) is 9.90. The molecule has 2 heterocycles. The number of hydrogen-bond acceptors (Lipinski definition) is 8. The second kappa shape index (κ2) is 8.39. The lowest BCUT2D eigenvalue weighted by molar-refractivity contribution is -0.167. The van der Waals surface area contributed by atoms with Crippen molar-refractivity contribution in [3.05, 3.63) is 11.3 Å². The average Bonchev–Trinajstić information content (AvgIpc) is 2.57. The van der Waals surface area contributed by atoms with E-state index in [0.717, 1.165) is 4.90 Å². The number of amides is 1. The third kappa shape index (κ3) is 4.76. The Labute approximate surface area is 164 Å². The second-order valence-electron chi connectivity index (χ2n) is 7.29. The minimum atomic E-state index is -1.57. The first-order valence-electron chi connectivity index (χ1n) is 8.52. The van der Waals surface area contributed by atoms with Gasteiger partial charge in [0.2, 0.25) is 0 Å². The Balaban J connectivity index is 2.27. The third-order valence-electron chi connectivity index (χ3n) is 3.95. The second-order valence-corrected chi connectivity index (χ2v) is 8.82. The maximum Gasteiger partial charge on any atom is 0.355 e. The zero-order valence-corrected chi connectivity index (χ0v) is 16.9. The molecule has 2 aliphatic heterocycles. The number of carboxylic acid groups (broad SMARTS) is 1. The Morgan fingerprint density at radius 3 is 2.43 bits per heavy atom. The van der Waals surface area contributed by atoms with Crippen molar-refractivity contribution in [2.24, 2.45) is 0 Å². The molecule has 156 valence electrons. The Kier molecular flexibility index (Phi) is 6.60. The molecular formula is C17H23NO9S. The highest BCUT2D eigenvalue weighted by Crippen LogP contribution is 2.37. The minimum absolute atomic E-state index is 0.102. The lowest BCUT2D eigenvalue weighted by Gasteiger charge is -2.48. The molecule has 10 nitrogen and oxygen atoms in total. The van der Waals surface area contributed by atoms with Gasteiger partial charge in [-0.2, -0.15) is 0 Å². The highest BCUT2D eigenvalue weighted by Gasteiger charge is 2.57. The van der Waals surface area contributed by atoms with Crippen LogP contribution in [-0.4, -0.2) is 74.6 Å². The van der Waals surface area contributed by atoms with Gasteiger partial charge in [-0.3, -0.25) is 23.5 Å². The number of carbonyl (C=O) groups excluding carboxylic acids is 3. The van der Waals surface area contributed by atoms with Gasteiger partial charge in [-0.25, -0.2) is 4.79 Å². The fourth-order valence-corrected chi connectivity index (χ4v) is 4.45. The summed E-state index contributed by atoms with van der Waals surface area (Å²) in [5, 5.41) is 7.80. The molecule has 0 aliphatic carbocycles. The highest BCUT2D eigenvalue weighted by molar-refractivity contribution is 7.86. The van der Waals surface area contributed by atoms with Crippen molar-refractivity contribution in [2.75, 3.05) is 19.5 Å².